The van der Waals surface area contributed by atoms with E-state index in [1.165, 1.54) is 5.56 Å². The Morgan fingerprint density at radius 1 is 0.947 bits per heavy atom. The lowest BCUT2D eigenvalue weighted by molar-refractivity contribution is 1.13. The van der Waals surface area contributed by atoms with Gasteiger partial charge in [0, 0.05) is 9.50 Å². The van der Waals surface area contributed by atoms with Crippen molar-refractivity contribution >= 4 is 55.1 Å². The molecule has 0 aliphatic carbocycles. The average Bonchev–Trinajstić information content (AvgIpc) is 2.36. The molecule has 0 aliphatic heterocycles. The van der Waals surface area contributed by atoms with Crippen LogP contribution in [0.4, 0.5) is 0 Å². The molecule has 2 rings (SSSR count). The molecule has 0 amide bonds. The molecular formula is C15H12Br2Cl2. The zero-order chi connectivity index (χ0) is 14.2. The lowest BCUT2D eigenvalue weighted by Crippen LogP contribution is -1.97. The number of benzene rings is 2. The maximum atomic E-state index is 6.15. The van der Waals surface area contributed by atoms with Crippen molar-refractivity contribution in [3.05, 3.63) is 67.1 Å². The molecule has 0 heterocycles. The molecule has 100 valence electrons. The Morgan fingerprint density at radius 2 is 1.63 bits per heavy atom. The van der Waals surface area contributed by atoms with E-state index in [1.54, 1.807) is 0 Å². The van der Waals surface area contributed by atoms with E-state index in [9.17, 15) is 0 Å². The van der Waals surface area contributed by atoms with Gasteiger partial charge in [0.1, 0.15) is 0 Å². The summed E-state index contributed by atoms with van der Waals surface area (Å²) in [6, 6.07) is 10.1. The van der Waals surface area contributed by atoms with E-state index in [1.807, 2.05) is 25.1 Å². The van der Waals surface area contributed by atoms with Crippen LogP contribution >= 0.6 is 55.1 Å². The summed E-state index contributed by atoms with van der Waals surface area (Å²) in [7, 11) is 0. The van der Waals surface area contributed by atoms with Crippen molar-refractivity contribution in [2.75, 3.05) is 0 Å². The zero-order valence-corrected chi connectivity index (χ0v) is 15.2. The van der Waals surface area contributed by atoms with Gasteiger partial charge in [-0.25, -0.2) is 0 Å². The fourth-order valence-corrected chi connectivity index (χ4v) is 3.36. The summed E-state index contributed by atoms with van der Waals surface area (Å²) >= 11 is 19.4. The van der Waals surface area contributed by atoms with Gasteiger partial charge in [-0.2, -0.15) is 0 Å². The molecule has 1 atom stereocenters. The molecule has 1 unspecified atom stereocenters. The summed E-state index contributed by atoms with van der Waals surface area (Å²) in [6.07, 6.45) is 0. The number of hydrogen-bond acceptors (Lipinski definition) is 0. The molecule has 0 aromatic heterocycles. The quantitative estimate of drug-likeness (QED) is 0.464. The highest BCUT2D eigenvalue weighted by Crippen LogP contribution is 2.37. The third-order valence-electron chi connectivity index (χ3n) is 3.06. The minimum atomic E-state index is 0.106. The van der Waals surface area contributed by atoms with Crippen LogP contribution in [0.2, 0.25) is 10.0 Å². The lowest BCUT2D eigenvalue weighted by atomic mass is 9.98. The van der Waals surface area contributed by atoms with Gasteiger partial charge in [-0.3, -0.25) is 0 Å². The normalized spacial score (nSPS) is 12.5. The Hall–Kier alpha value is -0.0200. The van der Waals surface area contributed by atoms with E-state index in [4.69, 9.17) is 23.2 Å². The van der Waals surface area contributed by atoms with Gasteiger partial charge in [-0.05, 0) is 70.2 Å². The molecule has 0 N–H and O–H groups in total. The summed E-state index contributed by atoms with van der Waals surface area (Å²) in [5.74, 6) is 0. The van der Waals surface area contributed by atoms with E-state index >= 15 is 0 Å². The van der Waals surface area contributed by atoms with Gasteiger partial charge in [0.15, 0.2) is 0 Å². The van der Waals surface area contributed by atoms with Crippen molar-refractivity contribution in [1.82, 2.24) is 0 Å². The molecule has 0 fully saturated rings. The third-order valence-corrected chi connectivity index (χ3v) is 5.72. The molecule has 2 aromatic rings. The smallest absolute Gasteiger partial charge is 0.0647 e. The van der Waals surface area contributed by atoms with Crippen molar-refractivity contribution in [2.24, 2.45) is 0 Å². The fourth-order valence-electron chi connectivity index (χ4n) is 1.93. The molecular weight excluding hydrogens is 411 g/mol. The summed E-state index contributed by atoms with van der Waals surface area (Å²) in [5, 5.41) is 1.51. The van der Waals surface area contributed by atoms with Crippen LogP contribution in [-0.4, -0.2) is 0 Å². The number of rotatable bonds is 2. The second kappa shape index (κ2) is 6.17. The van der Waals surface area contributed by atoms with Crippen molar-refractivity contribution in [2.45, 2.75) is 18.7 Å². The summed E-state index contributed by atoms with van der Waals surface area (Å²) in [5.41, 5.74) is 4.57. The van der Waals surface area contributed by atoms with Crippen molar-refractivity contribution in [3.63, 3.8) is 0 Å². The van der Waals surface area contributed by atoms with Crippen LogP contribution in [0, 0.1) is 13.8 Å². The highest BCUT2D eigenvalue weighted by Gasteiger charge is 2.15. The minimum absolute atomic E-state index is 0.106. The molecule has 0 aliphatic rings. The first-order valence-electron chi connectivity index (χ1n) is 5.76. The Bertz CT molecular complexity index is 624. The Morgan fingerprint density at radius 3 is 2.26 bits per heavy atom. The van der Waals surface area contributed by atoms with Gasteiger partial charge in [-0.15, -0.1) is 0 Å². The number of aryl methyl sites for hydroxylation is 2. The van der Waals surface area contributed by atoms with Gasteiger partial charge >= 0.3 is 0 Å². The molecule has 0 saturated heterocycles. The molecule has 0 radical (unpaired) electrons. The summed E-state index contributed by atoms with van der Waals surface area (Å²) in [4.78, 5) is 0.106. The number of hydrogen-bond donors (Lipinski definition) is 0. The first-order valence-corrected chi connectivity index (χ1v) is 8.22. The van der Waals surface area contributed by atoms with Gasteiger partial charge in [-0.1, -0.05) is 51.3 Å². The molecule has 19 heavy (non-hydrogen) atoms. The summed E-state index contributed by atoms with van der Waals surface area (Å²) in [6.45, 7) is 4.08. The van der Waals surface area contributed by atoms with Gasteiger partial charge < -0.3 is 0 Å². The topological polar surface area (TPSA) is 0 Å². The molecule has 4 heteroatoms. The van der Waals surface area contributed by atoms with Crippen LogP contribution < -0.4 is 0 Å². The molecule has 0 bridgehead atoms. The van der Waals surface area contributed by atoms with Crippen LogP contribution in [0.5, 0.6) is 0 Å². The van der Waals surface area contributed by atoms with Gasteiger partial charge in [0.25, 0.3) is 0 Å². The highest BCUT2D eigenvalue weighted by molar-refractivity contribution is 9.10. The SMILES string of the molecule is Cc1cc(C(Br)c2ccc(Br)c(Cl)c2)c(C)cc1Cl. The average molecular weight is 423 g/mol. The van der Waals surface area contributed by atoms with Crippen LogP contribution in [0.3, 0.4) is 0 Å². The first-order chi connectivity index (χ1) is 8.90. The second-order valence-corrected chi connectivity index (χ2v) is 7.08. The van der Waals surface area contributed by atoms with Crippen molar-refractivity contribution in [1.29, 1.82) is 0 Å². The Kier molecular flexibility index (Phi) is 4.99. The third kappa shape index (κ3) is 3.36. The monoisotopic (exact) mass is 420 g/mol. The largest absolute Gasteiger partial charge is 0.0840 e. The van der Waals surface area contributed by atoms with E-state index in [-0.39, 0.29) is 4.83 Å². The maximum absolute atomic E-state index is 6.15. The number of alkyl halides is 1. The Labute approximate surface area is 140 Å². The molecule has 0 spiro atoms. The molecule has 0 saturated carbocycles. The van der Waals surface area contributed by atoms with Crippen molar-refractivity contribution in [3.8, 4) is 0 Å². The van der Waals surface area contributed by atoms with Crippen LogP contribution in [0.1, 0.15) is 27.1 Å². The van der Waals surface area contributed by atoms with E-state index in [2.05, 4.69) is 50.9 Å². The summed E-state index contributed by atoms with van der Waals surface area (Å²) < 4.78 is 0.904. The molecule has 0 nitrogen and oxygen atoms in total. The van der Waals surface area contributed by atoms with Crippen LogP contribution in [0.15, 0.2) is 34.8 Å². The van der Waals surface area contributed by atoms with E-state index in [0.717, 1.165) is 26.2 Å². The van der Waals surface area contributed by atoms with Crippen LogP contribution in [-0.2, 0) is 0 Å². The lowest BCUT2D eigenvalue weighted by Gasteiger charge is -2.16. The van der Waals surface area contributed by atoms with Gasteiger partial charge in [0.2, 0.25) is 0 Å². The highest BCUT2D eigenvalue weighted by atomic mass is 79.9. The minimum Gasteiger partial charge on any atom is -0.0840 e. The van der Waals surface area contributed by atoms with E-state index in [0.29, 0.717) is 5.02 Å². The standard InChI is InChI=1S/C15H12Br2Cl2/c1-8-6-13(18)9(2)5-11(8)15(17)10-3-4-12(16)14(19)7-10/h3-7,15H,1-2H3. The van der Waals surface area contributed by atoms with E-state index < -0.39 is 0 Å². The predicted molar refractivity (Wildman–Crippen MR) is 90.8 cm³/mol. The Balaban J connectivity index is 2.46. The molecule has 2 aromatic carbocycles. The number of halogens is 4. The van der Waals surface area contributed by atoms with Crippen LogP contribution in [0.25, 0.3) is 0 Å². The maximum Gasteiger partial charge on any atom is 0.0647 e. The van der Waals surface area contributed by atoms with Crippen molar-refractivity contribution < 1.29 is 0 Å². The fraction of sp³-hybridized carbons (Fsp3) is 0.200. The first kappa shape index (κ1) is 15.4. The zero-order valence-electron chi connectivity index (χ0n) is 10.5. The second-order valence-electron chi connectivity index (χ2n) is 4.49. The van der Waals surface area contributed by atoms with Gasteiger partial charge in [0.05, 0.1) is 9.85 Å². The predicted octanol–water partition coefficient (Wildman–Crippen LogP) is 6.86.